The van der Waals surface area contributed by atoms with Gasteiger partial charge in [-0.1, -0.05) is 18.2 Å². The average molecular weight is 337 g/mol. The van der Waals surface area contributed by atoms with Gasteiger partial charge in [-0.3, -0.25) is 4.98 Å². The molecule has 0 aliphatic heterocycles. The maximum atomic E-state index is 11.8. The van der Waals surface area contributed by atoms with Crippen LogP contribution in [-0.2, 0) is 9.47 Å². The molecule has 1 atom stereocenters. The summed E-state index contributed by atoms with van der Waals surface area (Å²) in [5.74, 6) is -0.430. The summed E-state index contributed by atoms with van der Waals surface area (Å²) in [4.78, 5) is 20.2. The zero-order valence-electron chi connectivity index (χ0n) is 14.1. The molecule has 0 saturated heterocycles. The van der Waals surface area contributed by atoms with Gasteiger partial charge in [0.05, 0.1) is 12.3 Å². The Labute approximate surface area is 146 Å². The van der Waals surface area contributed by atoms with Crippen LogP contribution in [-0.4, -0.2) is 34.2 Å². The number of carbonyl (C=O) groups is 1. The topological polar surface area (TPSA) is 66.2 Å². The van der Waals surface area contributed by atoms with Crippen molar-refractivity contribution < 1.29 is 14.3 Å². The number of imidazole rings is 1. The van der Waals surface area contributed by atoms with Crippen LogP contribution in [0.3, 0.4) is 0 Å². The molecular weight excluding hydrogens is 318 g/mol. The van der Waals surface area contributed by atoms with Gasteiger partial charge < -0.3 is 14.0 Å². The number of hydrogen-bond acceptors (Lipinski definition) is 5. The van der Waals surface area contributed by atoms with Gasteiger partial charge in [-0.05, 0) is 36.8 Å². The van der Waals surface area contributed by atoms with Gasteiger partial charge in [-0.25, -0.2) is 9.78 Å². The summed E-state index contributed by atoms with van der Waals surface area (Å²) in [6, 6.07) is 13.6. The summed E-state index contributed by atoms with van der Waals surface area (Å²) in [6.07, 6.45) is 4.72. The highest BCUT2D eigenvalue weighted by Crippen LogP contribution is 2.25. The van der Waals surface area contributed by atoms with Crippen LogP contribution in [0.2, 0.25) is 0 Å². The Morgan fingerprint density at radius 1 is 1.20 bits per heavy atom. The maximum Gasteiger partial charge on any atom is 0.358 e. The van der Waals surface area contributed by atoms with Crippen LogP contribution in [0, 0.1) is 0 Å². The molecule has 2 aromatic heterocycles. The molecule has 128 valence electrons. The largest absolute Gasteiger partial charge is 0.461 e. The number of pyridine rings is 1. The molecule has 0 amide bonds. The molecular formula is C19H19N3O3. The normalized spacial score (nSPS) is 11.9. The number of hydrogen-bond donors (Lipinski definition) is 0. The second kappa shape index (κ2) is 7.72. The minimum Gasteiger partial charge on any atom is -0.461 e. The van der Waals surface area contributed by atoms with Crippen LogP contribution in [0.1, 0.15) is 34.8 Å². The zero-order chi connectivity index (χ0) is 17.6. The van der Waals surface area contributed by atoms with Gasteiger partial charge in [0.25, 0.3) is 0 Å². The standard InChI is InChI=1S/C19H19N3O3/c1-3-25-19(23)17-12-22(13-21-17)15-8-6-7-14(11-15)18(24-2)16-9-4-5-10-20-16/h4-13,18H,3H2,1-2H3. The molecule has 25 heavy (non-hydrogen) atoms. The van der Waals surface area contributed by atoms with Crippen molar-refractivity contribution in [1.82, 2.24) is 14.5 Å². The third kappa shape index (κ3) is 3.75. The second-order valence-corrected chi connectivity index (χ2v) is 5.35. The molecule has 0 N–H and O–H groups in total. The molecule has 0 spiro atoms. The predicted molar refractivity (Wildman–Crippen MR) is 92.6 cm³/mol. The monoisotopic (exact) mass is 337 g/mol. The van der Waals surface area contributed by atoms with Crippen molar-refractivity contribution in [2.45, 2.75) is 13.0 Å². The van der Waals surface area contributed by atoms with Crippen molar-refractivity contribution in [2.75, 3.05) is 13.7 Å². The van der Waals surface area contributed by atoms with E-state index in [1.165, 1.54) is 0 Å². The molecule has 0 bridgehead atoms. The molecule has 0 fully saturated rings. The van der Waals surface area contributed by atoms with E-state index in [1.54, 1.807) is 37.3 Å². The summed E-state index contributed by atoms with van der Waals surface area (Å²) in [5, 5.41) is 0. The lowest BCUT2D eigenvalue weighted by Crippen LogP contribution is -2.06. The van der Waals surface area contributed by atoms with E-state index in [9.17, 15) is 4.79 Å². The van der Waals surface area contributed by atoms with Gasteiger partial charge in [0.2, 0.25) is 0 Å². The molecule has 0 radical (unpaired) electrons. The maximum absolute atomic E-state index is 11.8. The molecule has 0 aliphatic rings. The number of carbonyl (C=O) groups excluding carboxylic acids is 1. The van der Waals surface area contributed by atoms with Crippen molar-refractivity contribution in [1.29, 1.82) is 0 Å². The number of esters is 1. The van der Waals surface area contributed by atoms with Crippen LogP contribution >= 0.6 is 0 Å². The van der Waals surface area contributed by atoms with E-state index >= 15 is 0 Å². The van der Waals surface area contributed by atoms with Gasteiger partial charge in [0.1, 0.15) is 12.4 Å². The molecule has 6 heteroatoms. The lowest BCUT2D eigenvalue weighted by atomic mass is 10.1. The van der Waals surface area contributed by atoms with E-state index < -0.39 is 5.97 Å². The van der Waals surface area contributed by atoms with E-state index in [1.807, 2.05) is 42.5 Å². The quantitative estimate of drug-likeness (QED) is 0.646. The lowest BCUT2D eigenvalue weighted by Gasteiger charge is -2.16. The molecule has 6 nitrogen and oxygen atoms in total. The van der Waals surface area contributed by atoms with E-state index in [0.717, 1.165) is 16.9 Å². The Hall–Kier alpha value is -2.99. The summed E-state index contributed by atoms with van der Waals surface area (Å²) >= 11 is 0. The van der Waals surface area contributed by atoms with Crippen molar-refractivity contribution in [3.8, 4) is 5.69 Å². The number of rotatable bonds is 6. The first-order valence-corrected chi connectivity index (χ1v) is 7.98. The molecule has 1 aromatic carbocycles. The highest BCUT2D eigenvalue weighted by Gasteiger charge is 2.16. The minimum absolute atomic E-state index is 0.269. The van der Waals surface area contributed by atoms with Crippen LogP contribution in [0.5, 0.6) is 0 Å². The Morgan fingerprint density at radius 2 is 2.08 bits per heavy atom. The first-order chi connectivity index (χ1) is 12.2. The Kier molecular flexibility index (Phi) is 5.20. The fraction of sp³-hybridized carbons (Fsp3) is 0.211. The van der Waals surface area contributed by atoms with E-state index in [0.29, 0.717) is 6.61 Å². The summed E-state index contributed by atoms with van der Waals surface area (Å²) < 4.78 is 12.4. The van der Waals surface area contributed by atoms with Crippen molar-refractivity contribution in [3.63, 3.8) is 0 Å². The molecule has 1 unspecified atom stereocenters. The summed E-state index contributed by atoms with van der Waals surface area (Å²) in [5.41, 5.74) is 2.95. The Bertz CT molecular complexity index is 846. The highest BCUT2D eigenvalue weighted by atomic mass is 16.5. The van der Waals surface area contributed by atoms with Crippen LogP contribution in [0.15, 0.2) is 61.2 Å². The molecule has 0 saturated carbocycles. The van der Waals surface area contributed by atoms with Gasteiger partial charge in [-0.15, -0.1) is 0 Å². The van der Waals surface area contributed by atoms with Crippen molar-refractivity contribution in [3.05, 3.63) is 78.1 Å². The number of aromatic nitrogens is 3. The van der Waals surface area contributed by atoms with Crippen LogP contribution < -0.4 is 0 Å². The fourth-order valence-corrected chi connectivity index (χ4v) is 2.58. The summed E-state index contributed by atoms with van der Waals surface area (Å²) in [6.45, 7) is 2.08. The van der Waals surface area contributed by atoms with Crippen molar-refractivity contribution in [2.24, 2.45) is 0 Å². The smallest absolute Gasteiger partial charge is 0.358 e. The highest BCUT2D eigenvalue weighted by molar-refractivity contribution is 5.87. The van der Waals surface area contributed by atoms with Gasteiger partial charge in [0, 0.05) is 25.2 Å². The number of methoxy groups -OCH3 is 1. The van der Waals surface area contributed by atoms with Gasteiger partial charge in [0.15, 0.2) is 5.69 Å². The number of ether oxygens (including phenoxy) is 2. The van der Waals surface area contributed by atoms with Crippen molar-refractivity contribution >= 4 is 5.97 Å². The van der Waals surface area contributed by atoms with Crippen LogP contribution in [0.4, 0.5) is 0 Å². The zero-order valence-corrected chi connectivity index (χ0v) is 14.1. The average Bonchev–Trinajstić information content (AvgIpc) is 3.14. The van der Waals surface area contributed by atoms with Gasteiger partial charge >= 0.3 is 5.97 Å². The fourth-order valence-electron chi connectivity index (χ4n) is 2.58. The molecule has 3 aromatic rings. The van der Waals surface area contributed by atoms with Gasteiger partial charge in [-0.2, -0.15) is 0 Å². The number of nitrogens with zero attached hydrogens (tertiary/aromatic N) is 3. The lowest BCUT2D eigenvalue weighted by molar-refractivity contribution is 0.0520. The summed E-state index contributed by atoms with van der Waals surface area (Å²) in [7, 11) is 1.65. The Balaban J connectivity index is 1.90. The molecule has 3 rings (SSSR count). The Morgan fingerprint density at radius 3 is 2.80 bits per heavy atom. The first-order valence-electron chi connectivity index (χ1n) is 7.98. The number of benzene rings is 1. The van der Waals surface area contributed by atoms with Crippen LogP contribution in [0.25, 0.3) is 5.69 Å². The third-order valence-corrected chi connectivity index (χ3v) is 3.73. The molecule has 2 heterocycles. The molecule has 0 aliphatic carbocycles. The predicted octanol–water partition coefficient (Wildman–Crippen LogP) is 3.18. The SMILES string of the molecule is CCOC(=O)c1cn(-c2cccc(C(OC)c3ccccn3)c2)cn1. The van der Waals surface area contributed by atoms with E-state index in [4.69, 9.17) is 9.47 Å². The minimum atomic E-state index is -0.430. The second-order valence-electron chi connectivity index (χ2n) is 5.35. The van der Waals surface area contributed by atoms with E-state index in [2.05, 4.69) is 9.97 Å². The third-order valence-electron chi connectivity index (χ3n) is 3.73. The van der Waals surface area contributed by atoms with E-state index in [-0.39, 0.29) is 11.8 Å². The first kappa shape index (κ1) is 16.9.